The van der Waals surface area contributed by atoms with Gasteiger partial charge in [0, 0.05) is 38.9 Å². The monoisotopic (exact) mass is 369 g/mol. The summed E-state index contributed by atoms with van der Waals surface area (Å²) in [4.78, 5) is 29.6. The van der Waals surface area contributed by atoms with E-state index in [1.54, 1.807) is 28.9 Å². The van der Waals surface area contributed by atoms with Gasteiger partial charge in [0.1, 0.15) is 0 Å². The van der Waals surface area contributed by atoms with Crippen LogP contribution in [0.5, 0.6) is 0 Å². The Morgan fingerprint density at radius 1 is 1.00 bits per heavy atom. The maximum Gasteiger partial charge on any atom is 0.409 e. The molecule has 1 saturated heterocycles. The van der Waals surface area contributed by atoms with Gasteiger partial charge < -0.3 is 19.4 Å². The molecule has 27 heavy (non-hydrogen) atoms. The van der Waals surface area contributed by atoms with Gasteiger partial charge in [-0.25, -0.2) is 4.79 Å². The molecule has 2 amide bonds. The molecule has 0 spiro atoms. The first-order valence-corrected chi connectivity index (χ1v) is 8.93. The average molecular weight is 369 g/mol. The van der Waals surface area contributed by atoms with Gasteiger partial charge in [-0.15, -0.1) is 10.2 Å². The Kier molecular flexibility index (Phi) is 5.85. The van der Waals surface area contributed by atoms with Gasteiger partial charge >= 0.3 is 6.09 Å². The average Bonchev–Trinajstić information content (AvgIpc) is 2.74. The van der Waals surface area contributed by atoms with Crippen molar-refractivity contribution >= 4 is 23.5 Å². The van der Waals surface area contributed by atoms with Crippen molar-refractivity contribution in [2.75, 3.05) is 44.7 Å². The summed E-state index contributed by atoms with van der Waals surface area (Å²) in [5.41, 5.74) is 1.28. The van der Waals surface area contributed by atoms with Crippen LogP contribution in [0.15, 0.2) is 42.5 Å². The van der Waals surface area contributed by atoms with Crippen LogP contribution in [0.25, 0.3) is 0 Å². The topological polar surface area (TPSA) is 78.9 Å². The van der Waals surface area contributed by atoms with Gasteiger partial charge in [0.05, 0.1) is 6.61 Å². The van der Waals surface area contributed by atoms with Gasteiger partial charge in [-0.05, 0) is 31.2 Å². The van der Waals surface area contributed by atoms with Crippen LogP contribution in [0.1, 0.15) is 17.4 Å². The van der Waals surface area contributed by atoms with Crippen molar-refractivity contribution in [1.82, 2.24) is 20.0 Å². The Morgan fingerprint density at radius 2 is 1.67 bits per heavy atom. The molecule has 1 aliphatic rings. The van der Waals surface area contributed by atoms with Gasteiger partial charge in [0.25, 0.3) is 5.91 Å². The van der Waals surface area contributed by atoms with Crippen LogP contribution in [0.3, 0.4) is 0 Å². The zero-order chi connectivity index (χ0) is 19.2. The standard InChI is InChI=1S/C19H23N5O3/c1-3-27-19(26)24-13-11-23(12-14-24)18(25)16-9-10-17(21-20-16)22(2)15-7-5-4-6-8-15/h4-10H,3,11-14H2,1-2H3. The number of aromatic nitrogens is 2. The Hall–Kier alpha value is -3.16. The van der Waals surface area contributed by atoms with Gasteiger partial charge in [-0.2, -0.15) is 0 Å². The van der Waals surface area contributed by atoms with E-state index in [0.717, 1.165) is 5.69 Å². The van der Waals surface area contributed by atoms with E-state index in [0.29, 0.717) is 44.3 Å². The Morgan fingerprint density at radius 3 is 2.26 bits per heavy atom. The molecule has 1 aromatic carbocycles. The zero-order valence-electron chi connectivity index (χ0n) is 15.5. The minimum absolute atomic E-state index is 0.181. The molecule has 0 bridgehead atoms. The number of hydrogen-bond acceptors (Lipinski definition) is 6. The third-order valence-corrected chi connectivity index (χ3v) is 4.45. The summed E-state index contributed by atoms with van der Waals surface area (Å²) < 4.78 is 4.99. The van der Waals surface area contributed by atoms with Crippen molar-refractivity contribution in [3.63, 3.8) is 0 Å². The van der Waals surface area contributed by atoms with Crippen LogP contribution in [0, 0.1) is 0 Å². The number of benzene rings is 1. The second-order valence-electron chi connectivity index (χ2n) is 6.15. The third-order valence-electron chi connectivity index (χ3n) is 4.45. The number of amides is 2. The molecule has 0 saturated carbocycles. The lowest BCUT2D eigenvalue weighted by molar-refractivity contribution is 0.0565. The van der Waals surface area contributed by atoms with E-state index in [1.165, 1.54) is 0 Å². The van der Waals surface area contributed by atoms with Crippen molar-refractivity contribution < 1.29 is 14.3 Å². The van der Waals surface area contributed by atoms with Gasteiger partial charge in [0.2, 0.25) is 0 Å². The fraction of sp³-hybridized carbons (Fsp3) is 0.368. The molecule has 1 aromatic heterocycles. The van der Waals surface area contributed by atoms with Crippen LogP contribution < -0.4 is 4.90 Å². The van der Waals surface area contributed by atoms with Crippen molar-refractivity contribution in [2.45, 2.75) is 6.92 Å². The molecule has 0 atom stereocenters. The number of piperazine rings is 1. The van der Waals surface area contributed by atoms with E-state index in [9.17, 15) is 9.59 Å². The number of rotatable bonds is 4. The van der Waals surface area contributed by atoms with Crippen molar-refractivity contribution in [2.24, 2.45) is 0 Å². The number of ether oxygens (including phenoxy) is 1. The minimum atomic E-state index is -0.335. The highest BCUT2D eigenvalue weighted by Crippen LogP contribution is 2.20. The molecule has 3 rings (SSSR count). The number of hydrogen-bond donors (Lipinski definition) is 0. The van der Waals surface area contributed by atoms with Gasteiger partial charge in [-0.3, -0.25) is 4.79 Å². The van der Waals surface area contributed by atoms with E-state index in [4.69, 9.17) is 4.74 Å². The molecule has 0 unspecified atom stereocenters. The van der Waals surface area contributed by atoms with Crippen molar-refractivity contribution in [1.29, 1.82) is 0 Å². The van der Waals surface area contributed by atoms with Crippen LogP contribution in [-0.2, 0) is 4.74 Å². The van der Waals surface area contributed by atoms with E-state index in [1.807, 2.05) is 42.3 Å². The highest BCUT2D eigenvalue weighted by Gasteiger charge is 2.26. The molecule has 1 aliphatic heterocycles. The lowest BCUT2D eigenvalue weighted by atomic mass is 10.2. The molecular weight excluding hydrogens is 346 g/mol. The van der Waals surface area contributed by atoms with E-state index in [-0.39, 0.29) is 12.0 Å². The highest BCUT2D eigenvalue weighted by molar-refractivity contribution is 5.92. The zero-order valence-corrected chi connectivity index (χ0v) is 15.5. The molecule has 2 aromatic rings. The smallest absolute Gasteiger partial charge is 0.409 e. The minimum Gasteiger partial charge on any atom is -0.450 e. The molecule has 8 heteroatoms. The number of nitrogens with zero attached hydrogens (tertiary/aromatic N) is 5. The number of para-hydroxylation sites is 1. The second kappa shape index (κ2) is 8.48. The molecular formula is C19H23N5O3. The van der Waals surface area contributed by atoms with Crippen molar-refractivity contribution in [3.8, 4) is 0 Å². The molecule has 0 aliphatic carbocycles. The largest absolute Gasteiger partial charge is 0.450 e. The number of carbonyl (C=O) groups excluding carboxylic acids is 2. The number of carbonyl (C=O) groups is 2. The summed E-state index contributed by atoms with van der Waals surface area (Å²) in [7, 11) is 1.90. The molecule has 1 fully saturated rings. The predicted molar refractivity (Wildman–Crippen MR) is 101 cm³/mol. The Bertz CT molecular complexity index is 774. The second-order valence-corrected chi connectivity index (χ2v) is 6.15. The van der Waals surface area contributed by atoms with Crippen LogP contribution >= 0.6 is 0 Å². The van der Waals surface area contributed by atoms with E-state index >= 15 is 0 Å². The van der Waals surface area contributed by atoms with Crippen LogP contribution in [0.4, 0.5) is 16.3 Å². The fourth-order valence-corrected chi connectivity index (χ4v) is 2.87. The SMILES string of the molecule is CCOC(=O)N1CCN(C(=O)c2ccc(N(C)c3ccccc3)nn2)CC1. The Balaban J connectivity index is 1.61. The molecule has 2 heterocycles. The fourth-order valence-electron chi connectivity index (χ4n) is 2.87. The summed E-state index contributed by atoms with van der Waals surface area (Å²) in [5, 5.41) is 8.28. The van der Waals surface area contributed by atoms with E-state index < -0.39 is 0 Å². The summed E-state index contributed by atoms with van der Waals surface area (Å²) in [6, 6.07) is 13.3. The predicted octanol–water partition coefficient (Wildman–Crippen LogP) is 2.16. The highest BCUT2D eigenvalue weighted by atomic mass is 16.6. The molecule has 8 nitrogen and oxygen atoms in total. The van der Waals surface area contributed by atoms with Gasteiger partial charge in [-0.1, -0.05) is 18.2 Å². The maximum atomic E-state index is 12.6. The first kappa shape index (κ1) is 18.6. The Labute approximate surface area is 158 Å². The molecule has 142 valence electrons. The van der Waals surface area contributed by atoms with E-state index in [2.05, 4.69) is 10.2 Å². The summed E-state index contributed by atoms with van der Waals surface area (Å²) in [6.45, 7) is 3.92. The lowest BCUT2D eigenvalue weighted by Crippen LogP contribution is -2.50. The lowest BCUT2D eigenvalue weighted by Gasteiger charge is -2.33. The summed E-state index contributed by atoms with van der Waals surface area (Å²) in [5.74, 6) is 0.477. The normalized spacial score (nSPS) is 14.0. The summed E-state index contributed by atoms with van der Waals surface area (Å²) in [6.07, 6.45) is -0.335. The van der Waals surface area contributed by atoms with Crippen LogP contribution in [0.2, 0.25) is 0 Å². The first-order chi connectivity index (χ1) is 13.1. The third kappa shape index (κ3) is 4.33. The molecule has 0 radical (unpaired) electrons. The first-order valence-electron chi connectivity index (χ1n) is 8.93. The summed E-state index contributed by atoms with van der Waals surface area (Å²) >= 11 is 0. The molecule has 0 N–H and O–H groups in total. The maximum absolute atomic E-state index is 12.6. The van der Waals surface area contributed by atoms with Crippen LogP contribution in [-0.4, -0.2) is 71.8 Å². The quantitative estimate of drug-likeness (QED) is 0.822. The van der Waals surface area contributed by atoms with Crippen molar-refractivity contribution in [3.05, 3.63) is 48.2 Å². The number of anilines is 2. The van der Waals surface area contributed by atoms with Gasteiger partial charge in [0.15, 0.2) is 11.5 Å².